The molecule has 0 amide bonds. The third-order valence-electron chi connectivity index (χ3n) is 2.10. The van der Waals surface area contributed by atoms with Crippen molar-refractivity contribution in [2.24, 2.45) is 0 Å². The summed E-state index contributed by atoms with van der Waals surface area (Å²) in [6.45, 7) is 1.18. The molecule has 4 heteroatoms. The normalized spacial score (nSPS) is 10.1. The largest absolute Gasteiger partial charge is 0.493 e. The fourth-order valence-corrected chi connectivity index (χ4v) is 1.27. The number of aldehydes is 1. The van der Waals surface area contributed by atoms with E-state index in [-0.39, 0.29) is 5.56 Å². The number of methoxy groups -OCH3 is 1. The monoisotopic (exact) mass is 226 g/mol. The number of hydrogen-bond acceptors (Lipinski definition) is 3. The van der Waals surface area contributed by atoms with E-state index in [2.05, 4.69) is 0 Å². The van der Waals surface area contributed by atoms with Crippen LogP contribution in [0.5, 0.6) is 5.75 Å². The van der Waals surface area contributed by atoms with Crippen molar-refractivity contribution in [2.45, 2.75) is 12.8 Å². The number of halogens is 1. The molecule has 0 fully saturated rings. The number of hydrogen-bond donors (Lipinski definition) is 0. The first-order valence-corrected chi connectivity index (χ1v) is 5.14. The highest BCUT2D eigenvalue weighted by Crippen LogP contribution is 2.18. The van der Waals surface area contributed by atoms with Gasteiger partial charge in [-0.15, -0.1) is 0 Å². The molecule has 1 aromatic rings. The third-order valence-corrected chi connectivity index (χ3v) is 2.10. The predicted octanol–water partition coefficient (Wildman–Crippen LogP) is 2.44. The predicted molar refractivity (Wildman–Crippen MR) is 58.4 cm³/mol. The summed E-state index contributed by atoms with van der Waals surface area (Å²) in [5, 5.41) is 0. The molecule has 0 spiro atoms. The summed E-state index contributed by atoms with van der Waals surface area (Å²) in [5.41, 5.74) is 0.242. The molecule has 0 atom stereocenters. The Morgan fingerprint density at radius 3 is 2.75 bits per heavy atom. The van der Waals surface area contributed by atoms with Gasteiger partial charge in [-0.05, 0) is 31.0 Å². The second-order valence-electron chi connectivity index (χ2n) is 3.35. The zero-order valence-electron chi connectivity index (χ0n) is 9.24. The van der Waals surface area contributed by atoms with Gasteiger partial charge in [0.1, 0.15) is 11.6 Å². The highest BCUT2D eigenvalue weighted by molar-refractivity contribution is 5.79. The van der Waals surface area contributed by atoms with Gasteiger partial charge in [0, 0.05) is 13.7 Å². The molecule has 1 aromatic carbocycles. The molecule has 88 valence electrons. The van der Waals surface area contributed by atoms with Crippen LogP contribution in [0.15, 0.2) is 18.2 Å². The minimum Gasteiger partial charge on any atom is -0.493 e. The molecule has 0 bridgehead atoms. The Hall–Kier alpha value is -1.42. The van der Waals surface area contributed by atoms with Crippen LogP contribution in [-0.4, -0.2) is 26.6 Å². The summed E-state index contributed by atoms with van der Waals surface area (Å²) in [7, 11) is 1.64. The van der Waals surface area contributed by atoms with E-state index in [9.17, 15) is 9.18 Å². The van der Waals surface area contributed by atoms with Gasteiger partial charge >= 0.3 is 0 Å². The summed E-state index contributed by atoms with van der Waals surface area (Å²) in [4.78, 5) is 10.6. The van der Waals surface area contributed by atoms with Crippen molar-refractivity contribution in [2.75, 3.05) is 20.3 Å². The molecule has 0 aliphatic carbocycles. The molecule has 0 aliphatic rings. The lowest BCUT2D eigenvalue weighted by atomic mass is 10.2. The maximum Gasteiger partial charge on any atom is 0.153 e. The first-order chi connectivity index (χ1) is 7.77. The van der Waals surface area contributed by atoms with E-state index in [1.54, 1.807) is 7.11 Å². The van der Waals surface area contributed by atoms with Crippen molar-refractivity contribution in [3.63, 3.8) is 0 Å². The van der Waals surface area contributed by atoms with Crippen LogP contribution < -0.4 is 4.74 Å². The fraction of sp³-hybridized carbons (Fsp3) is 0.417. The molecule has 1 rings (SSSR count). The molecule has 0 saturated carbocycles. The molecule has 0 radical (unpaired) electrons. The van der Waals surface area contributed by atoms with Crippen molar-refractivity contribution in [1.29, 1.82) is 0 Å². The summed E-state index contributed by atoms with van der Waals surface area (Å²) < 4.78 is 23.1. The van der Waals surface area contributed by atoms with Crippen LogP contribution in [0, 0.1) is 5.82 Å². The van der Waals surface area contributed by atoms with Gasteiger partial charge in [-0.2, -0.15) is 0 Å². The Bertz CT molecular complexity index is 339. The van der Waals surface area contributed by atoms with Gasteiger partial charge in [0.05, 0.1) is 12.2 Å². The van der Waals surface area contributed by atoms with Crippen molar-refractivity contribution in [1.82, 2.24) is 0 Å². The zero-order chi connectivity index (χ0) is 11.8. The Morgan fingerprint density at radius 2 is 2.06 bits per heavy atom. The lowest BCUT2D eigenvalue weighted by molar-refractivity contribution is 0.111. The van der Waals surface area contributed by atoms with Crippen LogP contribution in [0.4, 0.5) is 4.39 Å². The van der Waals surface area contributed by atoms with E-state index >= 15 is 0 Å². The molecule has 0 saturated heterocycles. The van der Waals surface area contributed by atoms with Crippen LogP contribution in [0.2, 0.25) is 0 Å². The van der Waals surface area contributed by atoms with Crippen LogP contribution >= 0.6 is 0 Å². The highest BCUT2D eigenvalue weighted by atomic mass is 19.1. The quantitative estimate of drug-likeness (QED) is 0.529. The minimum absolute atomic E-state index is 0.242. The van der Waals surface area contributed by atoms with E-state index in [0.29, 0.717) is 25.2 Å². The molecule has 0 unspecified atom stereocenters. The smallest absolute Gasteiger partial charge is 0.153 e. The molecule has 3 nitrogen and oxygen atoms in total. The Morgan fingerprint density at radius 1 is 1.31 bits per heavy atom. The van der Waals surface area contributed by atoms with E-state index in [1.165, 1.54) is 12.1 Å². The molecular formula is C12H15FO3. The molecular weight excluding hydrogens is 211 g/mol. The maximum absolute atomic E-state index is 12.8. The van der Waals surface area contributed by atoms with Gasteiger partial charge in [-0.25, -0.2) is 4.39 Å². The fourth-order valence-electron chi connectivity index (χ4n) is 1.27. The van der Waals surface area contributed by atoms with Crippen molar-refractivity contribution in [3.8, 4) is 5.75 Å². The third kappa shape index (κ3) is 3.98. The van der Waals surface area contributed by atoms with Crippen molar-refractivity contribution in [3.05, 3.63) is 29.6 Å². The van der Waals surface area contributed by atoms with Crippen LogP contribution in [0.25, 0.3) is 0 Å². The van der Waals surface area contributed by atoms with Crippen LogP contribution in [-0.2, 0) is 4.74 Å². The summed E-state index contributed by atoms with van der Waals surface area (Å²) >= 11 is 0. The summed E-state index contributed by atoms with van der Waals surface area (Å²) in [6.07, 6.45) is 2.32. The number of carbonyl (C=O) groups is 1. The standard InChI is InChI=1S/C12H15FO3/c1-15-6-2-3-7-16-12-5-4-11(13)8-10(12)9-14/h4-5,8-9H,2-3,6-7H2,1H3. The van der Waals surface area contributed by atoms with Gasteiger partial charge in [-0.1, -0.05) is 0 Å². The molecule has 0 N–H and O–H groups in total. The van der Waals surface area contributed by atoms with Gasteiger partial charge < -0.3 is 9.47 Å². The number of unbranched alkanes of at least 4 members (excludes halogenated alkanes) is 1. The maximum atomic E-state index is 12.8. The summed E-state index contributed by atoms with van der Waals surface area (Å²) in [5.74, 6) is -0.0114. The molecule has 0 aromatic heterocycles. The van der Waals surface area contributed by atoms with E-state index in [4.69, 9.17) is 9.47 Å². The molecule has 0 aliphatic heterocycles. The highest BCUT2D eigenvalue weighted by Gasteiger charge is 2.04. The average molecular weight is 226 g/mol. The van der Waals surface area contributed by atoms with E-state index < -0.39 is 5.82 Å². The molecule has 0 heterocycles. The second kappa shape index (κ2) is 6.95. The first-order valence-electron chi connectivity index (χ1n) is 5.14. The minimum atomic E-state index is -0.436. The van der Waals surface area contributed by atoms with Crippen LogP contribution in [0.3, 0.4) is 0 Å². The Labute approximate surface area is 94.2 Å². The lowest BCUT2D eigenvalue weighted by Gasteiger charge is -2.07. The molecule has 16 heavy (non-hydrogen) atoms. The Kier molecular flexibility index (Phi) is 5.50. The first kappa shape index (κ1) is 12.6. The average Bonchev–Trinajstić information content (AvgIpc) is 2.30. The van der Waals surface area contributed by atoms with E-state index in [0.717, 1.165) is 18.9 Å². The second-order valence-corrected chi connectivity index (χ2v) is 3.35. The SMILES string of the molecule is COCCCCOc1ccc(F)cc1C=O. The number of carbonyl (C=O) groups excluding carboxylic acids is 1. The van der Waals surface area contributed by atoms with Gasteiger partial charge in [0.15, 0.2) is 6.29 Å². The number of rotatable bonds is 7. The Balaban J connectivity index is 2.44. The summed E-state index contributed by atoms with van der Waals surface area (Å²) in [6, 6.07) is 3.91. The topological polar surface area (TPSA) is 35.5 Å². The zero-order valence-corrected chi connectivity index (χ0v) is 9.24. The van der Waals surface area contributed by atoms with Gasteiger partial charge in [-0.3, -0.25) is 4.79 Å². The van der Waals surface area contributed by atoms with Gasteiger partial charge in [0.25, 0.3) is 0 Å². The van der Waals surface area contributed by atoms with Crippen LogP contribution in [0.1, 0.15) is 23.2 Å². The van der Waals surface area contributed by atoms with Crippen molar-refractivity contribution < 1.29 is 18.7 Å². The van der Waals surface area contributed by atoms with Gasteiger partial charge in [0.2, 0.25) is 0 Å². The number of benzene rings is 1. The van der Waals surface area contributed by atoms with Crippen molar-refractivity contribution >= 4 is 6.29 Å². The number of ether oxygens (including phenoxy) is 2. The van der Waals surface area contributed by atoms with E-state index in [1.807, 2.05) is 0 Å². The lowest BCUT2D eigenvalue weighted by Crippen LogP contribution is -2.01.